The van der Waals surface area contributed by atoms with E-state index in [1.54, 1.807) is 29.9 Å². The predicted molar refractivity (Wildman–Crippen MR) is 84.5 cm³/mol. The van der Waals surface area contributed by atoms with Crippen LogP contribution in [-0.2, 0) is 11.8 Å². The zero-order valence-electron chi connectivity index (χ0n) is 12.3. The molecule has 110 valence electrons. The molecule has 2 aromatic rings. The summed E-state index contributed by atoms with van der Waals surface area (Å²) in [4.78, 5) is 24.7. The van der Waals surface area contributed by atoms with Crippen molar-refractivity contribution < 1.29 is 9.59 Å². The van der Waals surface area contributed by atoms with E-state index in [1.165, 1.54) is 22.9 Å². The Hall–Kier alpha value is -2.01. The molecule has 0 saturated carbocycles. The van der Waals surface area contributed by atoms with E-state index in [4.69, 9.17) is 0 Å². The van der Waals surface area contributed by atoms with E-state index < -0.39 is 0 Å². The minimum Gasteiger partial charge on any atom is -0.347 e. The number of thioether (sulfide) groups is 1. The first-order chi connectivity index (χ1) is 9.97. The minimum absolute atomic E-state index is 0.221. The Bertz CT molecular complexity index is 677. The molecular weight excluding hydrogens is 284 g/mol. The summed E-state index contributed by atoms with van der Waals surface area (Å²) in [5, 5.41) is 2.40. The largest absolute Gasteiger partial charge is 0.347 e. The average Bonchev–Trinajstić information content (AvgIpc) is 2.86. The van der Waals surface area contributed by atoms with Crippen LogP contribution in [0.2, 0.25) is 0 Å². The molecule has 2 rings (SSSR count). The number of amides is 2. The van der Waals surface area contributed by atoms with Gasteiger partial charge in [-0.1, -0.05) is 6.07 Å². The fraction of sp³-hybridized carbons (Fsp3) is 0.250. The van der Waals surface area contributed by atoms with Crippen molar-refractivity contribution in [3.05, 3.63) is 53.3 Å². The number of aryl methyl sites for hydroxylation is 3. The molecule has 4 nitrogen and oxygen atoms in total. The number of rotatable bonds is 4. The molecule has 21 heavy (non-hydrogen) atoms. The first-order valence-electron chi connectivity index (χ1n) is 6.63. The lowest BCUT2D eigenvalue weighted by Crippen LogP contribution is -2.32. The molecule has 1 heterocycles. The van der Waals surface area contributed by atoms with Gasteiger partial charge in [-0.3, -0.25) is 14.9 Å². The fourth-order valence-electron chi connectivity index (χ4n) is 1.88. The maximum Gasteiger partial charge on any atom is 0.274 e. The van der Waals surface area contributed by atoms with E-state index in [2.05, 4.69) is 12.2 Å². The van der Waals surface area contributed by atoms with Gasteiger partial charge in [0.1, 0.15) is 5.69 Å². The fourth-order valence-corrected chi connectivity index (χ4v) is 2.67. The predicted octanol–water partition coefficient (Wildman–Crippen LogP) is 2.69. The second kappa shape index (κ2) is 6.63. The summed E-state index contributed by atoms with van der Waals surface area (Å²) in [6, 6.07) is 9.51. The Balaban J connectivity index is 1.89. The molecule has 0 radical (unpaired) electrons. The van der Waals surface area contributed by atoms with E-state index in [0.717, 1.165) is 4.90 Å². The van der Waals surface area contributed by atoms with Gasteiger partial charge in [-0.15, -0.1) is 11.8 Å². The van der Waals surface area contributed by atoms with Crippen LogP contribution >= 0.6 is 11.8 Å². The van der Waals surface area contributed by atoms with Crippen molar-refractivity contribution in [2.45, 2.75) is 18.7 Å². The van der Waals surface area contributed by atoms with E-state index in [-0.39, 0.29) is 17.6 Å². The SMILES string of the molecule is Cc1ccc(SCC(=O)NC(=O)c2cccn2C)cc1C. The van der Waals surface area contributed by atoms with Gasteiger partial charge in [0.25, 0.3) is 5.91 Å². The summed E-state index contributed by atoms with van der Waals surface area (Å²) >= 11 is 1.42. The Morgan fingerprint density at radius 1 is 1.19 bits per heavy atom. The van der Waals surface area contributed by atoms with Crippen molar-refractivity contribution in [2.75, 3.05) is 5.75 Å². The first kappa shape index (κ1) is 15.4. The minimum atomic E-state index is -0.367. The molecule has 0 aliphatic carbocycles. The van der Waals surface area contributed by atoms with Crippen molar-refractivity contribution in [1.29, 1.82) is 0 Å². The highest BCUT2D eigenvalue weighted by Gasteiger charge is 2.12. The van der Waals surface area contributed by atoms with E-state index >= 15 is 0 Å². The number of carbonyl (C=O) groups is 2. The van der Waals surface area contributed by atoms with E-state index in [1.807, 2.05) is 25.1 Å². The van der Waals surface area contributed by atoms with Crippen LogP contribution in [0.1, 0.15) is 21.6 Å². The van der Waals surface area contributed by atoms with Crippen LogP contribution in [0.3, 0.4) is 0 Å². The average molecular weight is 302 g/mol. The van der Waals surface area contributed by atoms with Gasteiger partial charge in [0.2, 0.25) is 5.91 Å². The molecule has 0 atom stereocenters. The van der Waals surface area contributed by atoms with Gasteiger partial charge in [-0.2, -0.15) is 0 Å². The number of aromatic nitrogens is 1. The standard InChI is InChI=1S/C16H18N2O2S/c1-11-6-7-13(9-12(11)2)21-10-15(19)17-16(20)14-5-4-8-18(14)3/h4-9H,10H2,1-3H3,(H,17,19,20). The van der Waals surface area contributed by atoms with Gasteiger partial charge in [0, 0.05) is 18.1 Å². The highest BCUT2D eigenvalue weighted by molar-refractivity contribution is 8.00. The second-order valence-corrected chi connectivity index (χ2v) is 5.97. The molecule has 1 aromatic carbocycles. The third-order valence-corrected chi connectivity index (χ3v) is 4.27. The molecule has 0 unspecified atom stereocenters. The molecule has 2 amide bonds. The van der Waals surface area contributed by atoms with Gasteiger partial charge < -0.3 is 4.57 Å². The molecule has 0 aliphatic rings. The van der Waals surface area contributed by atoms with Crippen molar-refractivity contribution in [3.63, 3.8) is 0 Å². The highest BCUT2D eigenvalue weighted by Crippen LogP contribution is 2.20. The topological polar surface area (TPSA) is 51.1 Å². The monoisotopic (exact) mass is 302 g/mol. The molecule has 0 bridgehead atoms. The van der Waals surface area contributed by atoms with Gasteiger partial charge in [-0.05, 0) is 49.2 Å². The van der Waals surface area contributed by atoms with E-state index in [9.17, 15) is 9.59 Å². The number of hydrogen-bond acceptors (Lipinski definition) is 3. The van der Waals surface area contributed by atoms with Crippen LogP contribution in [0.25, 0.3) is 0 Å². The molecule has 0 saturated heterocycles. The van der Waals surface area contributed by atoms with Crippen LogP contribution in [0.4, 0.5) is 0 Å². The molecule has 1 aromatic heterocycles. The first-order valence-corrected chi connectivity index (χ1v) is 7.61. The van der Waals surface area contributed by atoms with Crippen molar-refractivity contribution in [3.8, 4) is 0 Å². The van der Waals surface area contributed by atoms with Gasteiger partial charge in [0.15, 0.2) is 0 Å². The molecule has 1 N–H and O–H groups in total. The molecule has 5 heteroatoms. The molecular formula is C16H18N2O2S. The Kier molecular flexibility index (Phi) is 4.85. The van der Waals surface area contributed by atoms with Crippen LogP contribution in [-0.4, -0.2) is 22.1 Å². The van der Waals surface area contributed by atoms with Gasteiger partial charge >= 0.3 is 0 Å². The lowest BCUT2D eigenvalue weighted by atomic mass is 10.1. The number of hydrogen-bond donors (Lipinski definition) is 1. The van der Waals surface area contributed by atoms with Gasteiger partial charge in [-0.25, -0.2) is 0 Å². The zero-order chi connectivity index (χ0) is 15.4. The Morgan fingerprint density at radius 3 is 2.57 bits per heavy atom. The normalized spacial score (nSPS) is 10.4. The Morgan fingerprint density at radius 2 is 1.95 bits per heavy atom. The molecule has 0 aliphatic heterocycles. The third-order valence-electron chi connectivity index (χ3n) is 3.28. The summed E-state index contributed by atoms with van der Waals surface area (Å²) in [7, 11) is 1.77. The smallest absolute Gasteiger partial charge is 0.274 e. The summed E-state index contributed by atoms with van der Waals surface area (Å²) in [6.07, 6.45) is 1.77. The van der Waals surface area contributed by atoms with Crippen LogP contribution in [0.15, 0.2) is 41.4 Å². The quantitative estimate of drug-likeness (QED) is 0.884. The zero-order valence-corrected chi connectivity index (χ0v) is 13.2. The number of imide groups is 1. The van der Waals surface area contributed by atoms with Crippen molar-refractivity contribution in [1.82, 2.24) is 9.88 Å². The maximum atomic E-state index is 11.9. The number of benzene rings is 1. The van der Waals surface area contributed by atoms with Crippen molar-refractivity contribution >= 4 is 23.6 Å². The van der Waals surface area contributed by atoms with Gasteiger partial charge in [0.05, 0.1) is 5.75 Å². The number of nitrogens with one attached hydrogen (secondary N) is 1. The summed E-state index contributed by atoms with van der Waals surface area (Å²) in [5.74, 6) is -0.434. The highest BCUT2D eigenvalue weighted by atomic mass is 32.2. The molecule has 0 fully saturated rings. The Labute approximate surface area is 128 Å². The second-order valence-electron chi connectivity index (χ2n) is 4.92. The van der Waals surface area contributed by atoms with Crippen molar-refractivity contribution in [2.24, 2.45) is 7.05 Å². The lowest BCUT2D eigenvalue weighted by molar-refractivity contribution is -0.117. The number of carbonyl (C=O) groups excluding carboxylic acids is 2. The number of nitrogens with zero attached hydrogens (tertiary/aromatic N) is 1. The van der Waals surface area contributed by atoms with Crippen LogP contribution in [0.5, 0.6) is 0 Å². The molecule has 0 spiro atoms. The third kappa shape index (κ3) is 3.98. The van der Waals surface area contributed by atoms with Crippen LogP contribution < -0.4 is 5.32 Å². The summed E-state index contributed by atoms with van der Waals surface area (Å²) in [6.45, 7) is 4.09. The van der Waals surface area contributed by atoms with E-state index in [0.29, 0.717) is 5.69 Å². The maximum absolute atomic E-state index is 11.9. The summed E-state index contributed by atoms with van der Waals surface area (Å²) < 4.78 is 1.68. The van der Waals surface area contributed by atoms with Crippen LogP contribution in [0, 0.1) is 13.8 Å². The lowest BCUT2D eigenvalue weighted by Gasteiger charge is -2.06. The summed E-state index contributed by atoms with van der Waals surface area (Å²) in [5.41, 5.74) is 2.89.